The van der Waals surface area contributed by atoms with E-state index >= 15 is 0 Å². The Morgan fingerprint density at radius 3 is 1.39 bits per heavy atom. The Morgan fingerprint density at radius 1 is 0.323 bits per heavy atom. The molecule has 0 bridgehead atoms. The summed E-state index contributed by atoms with van der Waals surface area (Å²) in [4.78, 5) is 15.4. The van der Waals surface area contributed by atoms with E-state index in [0.29, 0.717) is 17.5 Å². The molecule has 5 heteroatoms. The smallest absolute Gasteiger partial charge is 0.164 e. The van der Waals surface area contributed by atoms with Crippen LogP contribution in [0.4, 0.5) is 0 Å². The summed E-state index contributed by atoms with van der Waals surface area (Å²) in [5.74, 6) is 1.73. The zero-order chi connectivity index (χ0) is 40.8. The van der Waals surface area contributed by atoms with Crippen molar-refractivity contribution in [2.75, 3.05) is 0 Å². The summed E-state index contributed by atoms with van der Waals surface area (Å²) in [6, 6.07) is 62.5. The van der Waals surface area contributed by atoms with Crippen molar-refractivity contribution in [2.45, 2.75) is 37.5 Å². The highest BCUT2D eigenvalue weighted by Gasteiger charge is 2.43. The number of nitrogens with zero attached hydrogens (tertiary/aromatic N) is 3. The van der Waals surface area contributed by atoms with Crippen molar-refractivity contribution in [2.24, 2.45) is 0 Å². The monoisotopic (exact) mass is 797 g/mol. The van der Waals surface area contributed by atoms with E-state index in [1.807, 2.05) is 48.5 Å². The molecule has 5 nitrogen and oxygen atoms in total. The van der Waals surface area contributed by atoms with Crippen molar-refractivity contribution in [1.29, 1.82) is 0 Å². The van der Waals surface area contributed by atoms with E-state index in [1.165, 1.54) is 65.5 Å². The van der Waals surface area contributed by atoms with Crippen LogP contribution in [0.25, 0.3) is 111 Å². The fourth-order valence-corrected chi connectivity index (χ4v) is 10.5. The van der Waals surface area contributed by atoms with E-state index in [2.05, 4.69) is 127 Å². The predicted molar refractivity (Wildman–Crippen MR) is 251 cm³/mol. The van der Waals surface area contributed by atoms with Gasteiger partial charge in [0.05, 0.1) is 0 Å². The lowest BCUT2D eigenvalue weighted by molar-refractivity contribution is 0.353. The lowest BCUT2D eigenvalue weighted by atomic mass is 9.67. The first-order chi connectivity index (χ1) is 30.6. The highest BCUT2D eigenvalue weighted by atomic mass is 16.3. The molecule has 294 valence electrons. The highest BCUT2D eigenvalue weighted by Crippen LogP contribution is 2.56. The first-order valence-corrected chi connectivity index (χ1v) is 21.7. The number of aromatic nitrogens is 3. The van der Waals surface area contributed by atoms with Gasteiger partial charge in [0.1, 0.15) is 22.3 Å². The lowest BCUT2D eigenvalue weighted by Crippen LogP contribution is -2.28. The largest absolute Gasteiger partial charge is 0.456 e. The standard InChI is InChI=1S/C57H39N3O2/c1-8-28-57(29-9-1)48-19-5-2-16-42(48)43-25-22-38(32-49(43)57)36-13-10-12-35(30-36)37-14-11-15-39(31-37)54-58-55(40-23-26-46-44-17-3-6-20-50(44)61-52(46)33-40)60-56(59-54)41-24-27-47-45-18-4-7-21-51(45)62-53(47)34-41/h2-7,10-27,30-34H,1,8-9,28-29H2. The van der Waals surface area contributed by atoms with Gasteiger partial charge in [0.15, 0.2) is 17.5 Å². The fraction of sp³-hybridized carbons (Fsp3) is 0.105. The number of para-hydroxylation sites is 2. The molecule has 1 spiro atoms. The van der Waals surface area contributed by atoms with Gasteiger partial charge in [-0.25, -0.2) is 15.0 Å². The van der Waals surface area contributed by atoms with Gasteiger partial charge < -0.3 is 8.83 Å². The Balaban J connectivity index is 0.911. The minimum absolute atomic E-state index is 0.115. The maximum absolute atomic E-state index is 6.31. The van der Waals surface area contributed by atoms with Crippen molar-refractivity contribution >= 4 is 43.9 Å². The second-order valence-electron chi connectivity index (χ2n) is 17.0. The van der Waals surface area contributed by atoms with Gasteiger partial charge in [-0.3, -0.25) is 0 Å². The SMILES string of the molecule is c1cc(-c2cccc(-c3nc(-c4ccc5c(c4)oc4ccccc45)nc(-c4ccc5c(c4)oc4ccccc45)n3)c2)cc(-c2ccc3c(c2)C2(CCCCC2)c2ccccc2-3)c1. The maximum Gasteiger partial charge on any atom is 0.164 e. The summed E-state index contributed by atoms with van der Waals surface area (Å²) in [7, 11) is 0. The van der Waals surface area contributed by atoms with E-state index in [1.54, 1.807) is 0 Å². The van der Waals surface area contributed by atoms with E-state index in [0.717, 1.165) is 71.7 Å². The molecule has 3 aromatic heterocycles. The molecular formula is C57H39N3O2. The number of hydrogen-bond donors (Lipinski definition) is 0. The van der Waals surface area contributed by atoms with Crippen LogP contribution in [-0.2, 0) is 5.41 Å². The van der Waals surface area contributed by atoms with Crippen LogP contribution >= 0.6 is 0 Å². The Bertz CT molecular complexity index is 3460. The van der Waals surface area contributed by atoms with Gasteiger partial charge in [0.25, 0.3) is 0 Å². The number of benzene rings is 8. The van der Waals surface area contributed by atoms with Crippen LogP contribution in [0.1, 0.15) is 43.2 Å². The molecule has 0 atom stereocenters. The molecule has 0 saturated heterocycles. The molecular weight excluding hydrogens is 759 g/mol. The molecule has 3 heterocycles. The molecule has 11 aromatic rings. The normalized spacial score (nSPS) is 14.3. The molecule has 0 radical (unpaired) electrons. The van der Waals surface area contributed by atoms with Gasteiger partial charge in [0.2, 0.25) is 0 Å². The Labute approximate surface area is 358 Å². The molecule has 8 aromatic carbocycles. The van der Waals surface area contributed by atoms with Gasteiger partial charge in [-0.2, -0.15) is 0 Å². The topological polar surface area (TPSA) is 65.0 Å². The molecule has 0 amide bonds. The van der Waals surface area contributed by atoms with Crippen molar-refractivity contribution in [1.82, 2.24) is 15.0 Å². The summed E-state index contributed by atoms with van der Waals surface area (Å²) in [6.45, 7) is 0. The van der Waals surface area contributed by atoms with E-state index in [4.69, 9.17) is 23.8 Å². The molecule has 1 saturated carbocycles. The van der Waals surface area contributed by atoms with Crippen molar-refractivity contribution in [3.8, 4) is 67.5 Å². The minimum atomic E-state index is 0.115. The average Bonchev–Trinajstić information content (AvgIpc) is 3.99. The average molecular weight is 798 g/mol. The molecule has 2 aliphatic carbocycles. The quantitative estimate of drug-likeness (QED) is 0.174. The van der Waals surface area contributed by atoms with Crippen LogP contribution in [0.15, 0.2) is 185 Å². The van der Waals surface area contributed by atoms with Gasteiger partial charge in [-0.15, -0.1) is 0 Å². The first-order valence-electron chi connectivity index (χ1n) is 21.7. The summed E-state index contributed by atoms with van der Waals surface area (Å²) in [6.07, 6.45) is 6.32. The number of rotatable bonds is 5. The molecule has 0 aliphatic heterocycles. The fourth-order valence-electron chi connectivity index (χ4n) is 10.5. The van der Waals surface area contributed by atoms with Crippen LogP contribution in [0.3, 0.4) is 0 Å². The third-order valence-electron chi connectivity index (χ3n) is 13.5. The Morgan fingerprint density at radius 2 is 0.774 bits per heavy atom. The maximum atomic E-state index is 6.31. The number of hydrogen-bond acceptors (Lipinski definition) is 5. The van der Waals surface area contributed by atoms with Gasteiger partial charge >= 0.3 is 0 Å². The zero-order valence-corrected chi connectivity index (χ0v) is 33.9. The third-order valence-corrected chi connectivity index (χ3v) is 13.5. The molecule has 0 unspecified atom stereocenters. The van der Waals surface area contributed by atoms with Crippen molar-refractivity contribution < 1.29 is 8.83 Å². The Hall–Kier alpha value is -7.63. The highest BCUT2D eigenvalue weighted by molar-refractivity contribution is 6.07. The van der Waals surface area contributed by atoms with E-state index in [9.17, 15) is 0 Å². The van der Waals surface area contributed by atoms with Crippen LogP contribution in [-0.4, -0.2) is 15.0 Å². The number of furan rings is 2. The summed E-state index contributed by atoms with van der Waals surface area (Å²) >= 11 is 0. The second-order valence-corrected chi connectivity index (χ2v) is 17.0. The van der Waals surface area contributed by atoms with Crippen LogP contribution in [0, 0.1) is 0 Å². The molecule has 13 rings (SSSR count). The van der Waals surface area contributed by atoms with E-state index in [-0.39, 0.29) is 5.41 Å². The molecule has 2 aliphatic rings. The number of fused-ring (bicyclic) bond motifs is 11. The van der Waals surface area contributed by atoms with Gasteiger partial charge in [-0.05, 0) is 112 Å². The zero-order valence-electron chi connectivity index (χ0n) is 33.9. The van der Waals surface area contributed by atoms with Crippen LogP contribution < -0.4 is 0 Å². The Kier molecular flexibility index (Phi) is 7.77. The van der Waals surface area contributed by atoms with Crippen molar-refractivity contribution in [3.63, 3.8) is 0 Å². The lowest BCUT2D eigenvalue weighted by Gasteiger charge is -2.36. The third kappa shape index (κ3) is 5.51. The minimum Gasteiger partial charge on any atom is -0.456 e. The van der Waals surface area contributed by atoms with Crippen molar-refractivity contribution in [3.05, 3.63) is 187 Å². The molecule has 62 heavy (non-hydrogen) atoms. The summed E-state index contributed by atoms with van der Waals surface area (Å²) in [5.41, 5.74) is 16.6. The first kappa shape index (κ1) is 35.2. The van der Waals surface area contributed by atoms with E-state index < -0.39 is 0 Å². The van der Waals surface area contributed by atoms with Gasteiger partial charge in [0, 0.05) is 43.7 Å². The molecule has 0 N–H and O–H groups in total. The predicted octanol–water partition coefficient (Wildman–Crippen LogP) is 15.2. The second kappa shape index (κ2) is 13.7. The molecule has 1 fully saturated rings. The van der Waals surface area contributed by atoms with Crippen LogP contribution in [0.2, 0.25) is 0 Å². The van der Waals surface area contributed by atoms with Crippen LogP contribution in [0.5, 0.6) is 0 Å². The van der Waals surface area contributed by atoms with Gasteiger partial charge in [-0.1, -0.05) is 141 Å². The summed E-state index contributed by atoms with van der Waals surface area (Å²) < 4.78 is 12.6. The summed E-state index contributed by atoms with van der Waals surface area (Å²) in [5, 5.41) is 4.28.